The van der Waals surface area contributed by atoms with Crippen LogP contribution in [-0.2, 0) is 4.79 Å². The van der Waals surface area contributed by atoms with Crippen molar-refractivity contribution < 1.29 is 4.79 Å². The molecule has 2 N–H and O–H groups in total. The number of rotatable bonds is 1. The molecule has 0 saturated carbocycles. The van der Waals surface area contributed by atoms with Crippen molar-refractivity contribution in [2.45, 2.75) is 25.2 Å². The number of aromatic amines is 1. The largest absolute Gasteiger partial charge is 0.356 e. The number of nitrogens with one attached hydrogen (secondary N) is 2. The topological polar surface area (TPSA) is 79.3 Å². The summed E-state index contributed by atoms with van der Waals surface area (Å²) in [7, 11) is 0. The van der Waals surface area contributed by atoms with Crippen molar-refractivity contribution in [1.29, 1.82) is 0 Å². The van der Waals surface area contributed by atoms with E-state index in [9.17, 15) is 9.59 Å². The van der Waals surface area contributed by atoms with E-state index in [-0.39, 0.29) is 17.4 Å². The first-order valence-corrected chi connectivity index (χ1v) is 6.06. The van der Waals surface area contributed by atoms with Gasteiger partial charge in [0.25, 0.3) is 5.56 Å². The molecule has 1 amide bonds. The van der Waals surface area contributed by atoms with Gasteiger partial charge in [0.05, 0.1) is 12.0 Å². The summed E-state index contributed by atoms with van der Waals surface area (Å²) >= 11 is 0. The summed E-state index contributed by atoms with van der Waals surface area (Å²) in [5.74, 6) is 0.243. The molecule has 3 rings (SSSR count). The molecule has 18 heavy (non-hydrogen) atoms. The van der Waals surface area contributed by atoms with Crippen LogP contribution >= 0.6 is 0 Å². The lowest BCUT2D eigenvalue weighted by Crippen LogP contribution is -2.21. The van der Waals surface area contributed by atoms with E-state index in [4.69, 9.17) is 0 Å². The Hall–Kier alpha value is -2.11. The summed E-state index contributed by atoms with van der Waals surface area (Å²) < 4.78 is 1.73. The van der Waals surface area contributed by atoms with Crippen LogP contribution in [-0.4, -0.2) is 26.8 Å². The van der Waals surface area contributed by atoms with E-state index < -0.39 is 0 Å². The number of hydrogen-bond donors (Lipinski definition) is 2. The molecule has 1 aliphatic heterocycles. The molecule has 3 heterocycles. The van der Waals surface area contributed by atoms with Gasteiger partial charge in [-0.15, -0.1) is 0 Å². The zero-order valence-corrected chi connectivity index (χ0v) is 9.85. The van der Waals surface area contributed by atoms with E-state index in [1.165, 1.54) is 0 Å². The number of amides is 1. The van der Waals surface area contributed by atoms with Gasteiger partial charge in [0, 0.05) is 31.3 Å². The summed E-state index contributed by atoms with van der Waals surface area (Å²) in [5, 5.41) is 2.84. The van der Waals surface area contributed by atoms with Crippen LogP contribution in [0.2, 0.25) is 0 Å². The van der Waals surface area contributed by atoms with E-state index in [2.05, 4.69) is 15.3 Å². The smallest absolute Gasteiger partial charge is 0.274 e. The molecule has 6 heteroatoms. The zero-order chi connectivity index (χ0) is 12.5. The Bertz CT molecular complexity index is 643. The van der Waals surface area contributed by atoms with Crippen LogP contribution in [0.3, 0.4) is 0 Å². The lowest BCUT2D eigenvalue weighted by atomic mass is 9.96. The highest BCUT2D eigenvalue weighted by Gasteiger charge is 2.22. The van der Waals surface area contributed by atoms with Crippen LogP contribution in [0.5, 0.6) is 0 Å². The van der Waals surface area contributed by atoms with Gasteiger partial charge in [-0.25, -0.2) is 4.98 Å². The Morgan fingerprint density at radius 2 is 2.22 bits per heavy atom. The summed E-state index contributed by atoms with van der Waals surface area (Å²) in [6, 6.07) is 0. The number of H-pyrrole nitrogens is 1. The van der Waals surface area contributed by atoms with E-state index in [1.807, 2.05) is 0 Å². The number of hydrogen-bond acceptors (Lipinski definition) is 3. The van der Waals surface area contributed by atoms with Gasteiger partial charge in [0.1, 0.15) is 5.52 Å². The van der Waals surface area contributed by atoms with Crippen molar-refractivity contribution in [2.24, 2.45) is 0 Å². The predicted molar refractivity (Wildman–Crippen MR) is 65.4 cm³/mol. The molecule has 0 aromatic carbocycles. The maximum atomic E-state index is 11.9. The maximum absolute atomic E-state index is 11.9. The number of fused-ring (bicyclic) bond motifs is 1. The molecule has 0 aliphatic carbocycles. The standard InChI is InChI=1S/C12H14N4O2/c17-9-2-1-8(3-4-13-9)10-11-12(18)14-5-6-16(11)7-15-10/h5-8H,1-4H2,(H,13,17)(H,14,18). The quantitative estimate of drug-likeness (QED) is 0.764. The molecule has 1 saturated heterocycles. The van der Waals surface area contributed by atoms with Crippen molar-refractivity contribution in [3.63, 3.8) is 0 Å². The number of carbonyl (C=O) groups excluding carboxylic acids is 1. The van der Waals surface area contributed by atoms with Crippen molar-refractivity contribution in [3.05, 3.63) is 34.8 Å². The zero-order valence-electron chi connectivity index (χ0n) is 9.85. The molecule has 0 radical (unpaired) electrons. The summed E-state index contributed by atoms with van der Waals surface area (Å²) in [5.41, 5.74) is 1.26. The highest BCUT2D eigenvalue weighted by molar-refractivity contribution is 5.76. The van der Waals surface area contributed by atoms with E-state index in [0.29, 0.717) is 18.5 Å². The normalized spacial score (nSPS) is 20.7. The molecule has 0 bridgehead atoms. The molecular weight excluding hydrogens is 232 g/mol. The first-order chi connectivity index (χ1) is 8.75. The van der Waals surface area contributed by atoms with Crippen molar-refractivity contribution in [1.82, 2.24) is 19.7 Å². The van der Waals surface area contributed by atoms with Gasteiger partial charge >= 0.3 is 0 Å². The highest BCUT2D eigenvalue weighted by atomic mass is 16.1. The third kappa shape index (κ3) is 1.79. The van der Waals surface area contributed by atoms with Gasteiger partial charge in [-0.1, -0.05) is 0 Å². The molecule has 0 spiro atoms. The first kappa shape index (κ1) is 11.0. The minimum Gasteiger partial charge on any atom is -0.356 e. The third-order valence-electron chi connectivity index (χ3n) is 3.41. The fourth-order valence-electron chi connectivity index (χ4n) is 2.48. The molecule has 1 atom stereocenters. The predicted octanol–water partition coefficient (Wildman–Crippen LogP) is 0.406. The number of imidazole rings is 1. The fourth-order valence-corrected chi connectivity index (χ4v) is 2.48. The molecule has 1 aliphatic rings. The van der Waals surface area contributed by atoms with Crippen LogP contribution in [0.25, 0.3) is 5.52 Å². The second-order valence-corrected chi connectivity index (χ2v) is 4.55. The lowest BCUT2D eigenvalue weighted by Gasteiger charge is -2.10. The molecule has 1 unspecified atom stereocenters. The minimum absolute atomic E-state index is 0.0786. The Morgan fingerprint density at radius 3 is 3.11 bits per heavy atom. The van der Waals surface area contributed by atoms with Crippen molar-refractivity contribution in [2.75, 3.05) is 6.54 Å². The third-order valence-corrected chi connectivity index (χ3v) is 3.41. The second-order valence-electron chi connectivity index (χ2n) is 4.55. The summed E-state index contributed by atoms with van der Waals surface area (Å²) in [4.78, 5) is 30.2. The number of aromatic nitrogens is 3. The van der Waals surface area contributed by atoms with Gasteiger partial charge < -0.3 is 10.3 Å². The highest BCUT2D eigenvalue weighted by Crippen LogP contribution is 2.26. The van der Waals surface area contributed by atoms with Crippen LogP contribution in [0.1, 0.15) is 30.9 Å². The molecule has 94 valence electrons. The van der Waals surface area contributed by atoms with Gasteiger partial charge in [-0.2, -0.15) is 0 Å². The lowest BCUT2D eigenvalue weighted by molar-refractivity contribution is -0.120. The van der Waals surface area contributed by atoms with Gasteiger partial charge in [0.15, 0.2) is 0 Å². The maximum Gasteiger partial charge on any atom is 0.274 e. The van der Waals surface area contributed by atoms with Crippen molar-refractivity contribution in [3.8, 4) is 0 Å². The average Bonchev–Trinajstić information content (AvgIpc) is 2.68. The second kappa shape index (κ2) is 4.29. The van der Waals surface area contributed by atoms with E-state index in [1.54, 1.807) is 23.1 Å². The first-order valence-electron chi connectivity index (χ1n) is 6.06. The number of nitrogens with zero attached hydrogens (tertiary/aromatic N) is 2. The SMILES string of the molecule is O=C1CCC(c2ncn3cc[nH]c(=O)c23)CCN1. The Kier molecular flexibility index (Phi) is 2.62. The molecule has 6 nitrogen and oxygen atoms in total. The molecule has 2 aromatic heterocycles. The molecule has 2 aromatic rings. The Labute approximate surface area is 103 Å². The van der Waals surface area contributed by atoms with Gasteiger partial charge in [-0.3, -0.25) is 14.0 Å². The summed E-state index contributed by atoms with van der Waals surface area (Å²) in [6.07, 6.45) is 7.08. The Balaban J connectivity index is 2.03. The van der Waals surface area contributed by atoms with Gasteiger partial charge in [0.2, 0.25) is 5.91 Å². The van der Waals surface area contributed by atoms with Crippen LogP contribution in [0.15, 0.2) is 23.5 Å². The van der Waals surface area contributed by atoms with Crippen LogP contribution in [0.4, 0.5) is 0 Å². The summed E-state index contributed by atoms with van der Waals surface area (Å²) in [6.45, 7) is 0.646. The van der Waals surface area contributed by atoms with Gasteiger partial charge in [-0.05, 0) is 12.8 Å². The van der Waals surface area contributed by atoms with E-state index in [0.717, 1.165) is 18.5 Å². The van der Waals surface area contributed by atoms with E-state index >= 15 is 0 Å². The monoisotopic (exact) mass is 246 g/mol. The molecular formula is C12H14N4O2. The van der Waals surface area contributed by atoms with Crippen LogP contribution < -0.4 is 10.9 Å². The van der Waals surface area contributed by atoms with Crippen LogP contribution in [0, 0.1) is 0 Å². The average molecular weight is 246 g/mol. The van der Waals surface area contributed by atoms with Crippen molar-refractivity contribution >= 4 is 11.4 Å². The molecule has 1 fully saturated rings. The number of carbonyl (C=O) groups is 1. The minimum atomic E-state index is -0.131. The Morgan fingerprint density at radius 1 is 1.33 bits per heavy atom. The fraction of sp³-hybridized carbons (Fsp3) is 0.417.